The molecule has 0 aliphatic rings. The maximum absolute atomic E-state index is 6.04. The SMILES string of the molecule is CC(C)(C)c1ccc2oc(-c3ccc(-c4nc5cc(C(C)(C)C)ccc5o4)c(S)c3)nc2c1. The fraction of sp³-hybridized carbons (Fsp3) is 0.286. The summed E-state index contributed by atoms with van der Waals surface area (Å²) in [7, 11) is 0. The lowest BCUT2D eigenvalue weighted by Crippen LogP contribution is -2.10. The Bertz CT molecular complexity index is 1500. The fourth-order valence-corrected chi connectivity index (χ4v) is 4.18. The highest BCUT2D eigenvalue weighted by molar-refractivity contribution is 7.80. The van der Waals surface area contributed by atoms with Gasteiger partial charge in [-0.05, 0) is 64.4 Å². The minimum absolute atomic E-state index is 0.0525. The molecule has 5 aromatic rings. The molecular weight excluding hydrogens is 428 g/mol. The standard InChI is InChI=1S/C28H28N2O2S/c1-27(2,3)17-8-11-22-20(14-17)29-25(31-22)16-7-10-19(24(33)13-16)26-30-21-15-18(28(4,5)6)9-12-23(21)32-26/h7-15,33H,1-6H3. The average Bonchev–Trinajstić information content (AvgIpc) is 3.35. The molecule has 3 aromatic carbocycles. The molecule has 0 spiro atoms. The van der Waals surface area contributed by atoms with Gasteiger partial charge in [0.2, 0.25) is 11.8 Å². The van der Waals surface area contributed by atoms with Crippen molar-refractivity contribution in [2.45, 2.75) is 57.3 Å². The maximum atomic E-state index is 6.04. The number of hydrogen-bond donors (Lipinski definition) is 1. The molecule has 0 N–H and O–H groups in total. The van der Waals surface area contributed by atoms with Crippen molar-refractivity contribution in [3.63, 3.8) is 0 Å². The highest BCUT2D eigenvalue weighted by Crippen LogP contribution is 2.35. The molecule has 0 saturated carbocycles. The molecule has 0 unspecified atom stereocenters. The van der Waals surface area contributed by atoms with E-state index in [1.807, 2.05) is 30.3 Å². The molecule has 168 valence electrons. The van der Waals surface area contributed by atoms with Gasteiger partial charge in [-0.15, -0.1) is 12.6 Å². The third kappa shape index (κ3) is 4.06. The largest absolute Gasteiger partial charge is 0.436 e. The zero-order valence-electron chi connectivity index (χ0n) is 19.9. The zero-order chi connectivity index (χ0) is 23.5. The summed E-state index contributed by atoms with van der Waals surface area (Å²) in [5.41, 5.74) is 7.51. The monoisotopic (exact) mass is 456 g/mol. The van der Waals surface area contributed by atoms with E-state index in [1.54, 1.807) is 0 Å². The molecule has 5 rings (SSSR count). The molecule has 2 heterocycles. The highest BCUT2D eigenvalue weighted by atomic mass is 32.1. The summed E-state index contributed by atoms with van der Waals surface area (Å²) in [5, 5.41) is 0. The summed E-state index contributed by atoms with van der Waals surface area (Å²) in [6.07, 6.45) is 0. The molecular formula is C28H28N2O2S. The van der Waals surface area contributed by atoms with Crippen LogP contribution in [-0.2, 0) is 10.8 Å². The van der Waals surface area contributed by atoms with Gasteiger partial charge in [0.25, 0.3) is 0 Å². The van der Waals surface area contributed by atoms with E-state index < -0.39 is 0 Å². The number of hydrogen-bond acceptors (Lipinski definition) is 5. The minimum Gasteiger partial charge on any atom is -0.436 e. The molecule has 0 amide bonds. The van der Waals surface area contributed by atoms with E-state index in [9.17, 15) is 0 Å². The van der Waals surface area contributed by atoms with Gasteiger partial charge in [-0.2, -0.15) is 0 Å². The molecule has 4 nitrogen and oxygen atoms in total. The molecule has 2 aromatic heterocycles. The number of benzene rings is 3. The molecule has 0 aliphatic carbocycles. The van der Waals surface area contributed by atoms with Crippen LogP contribution < -0.4 is 0 Å². The first-order valence-electron chi connectivity index (χ1n) is 11.1. The molecule has 0 bridgehead atoms. The van der Waals surface area contributed by atoms with E-state index in [1.165, 1.54) is 11.1 Å². The van der Waals surface area contributed by atoms with Crippen LogP contribution in [0, 0.1) is 0 Å². The highest BCUT2D eigenvalue weighted by Gasteiger charge is 2.19. The lowest BCUT2D eigenvalue weighted by Gasteiger charge is -2.18. The van der Waals surface area contributed by atoms with Crippen LogP contribution in [0.1, 0.15) is 52.7 Å². The van der Waals surface area contributed by atoms with Crippen molar-refractivity contribution in [1.82, 2.24) is 9.97 Å². The first kappa shape index (κ1) is 21.8. The van der Waals surface area contributed by atoms with E-state index >= 15 is 0 Å². The second-order valence-electron chi connectivity index (χ2n) is 10.6. The van der Waals surface area contributed by atoms with Gasteiger partial charge in [0, 0.05) is 10.5 Å². The summed E-state index contributed by atoms with van der Waals surface area (Å²) in [6, 6.07) is 18.3. The van der Waals surface area contributed by atoms with E-state index in [0.717, 1.165) is 38.2 Å². The number of aromatic nitrogens is 2. The molecule has 33 heavy (non-hydrogen) atoms. The topological polar surface area (TPSA) is 52.1 Å². The Kier molecular flexibility index (Phi) is 4.94. The van der Waals surface area contributed by atoms with Gasteiger partial charge in [-0.25, -0.2) is 9.97 Å². The summed E-state index contributed by atoms with van der Waals surface area (Å²) >= 11 is 4.72. The second kappa shape index (κ2) is 7.49. The van der Waals surface area contributed by atoms with E-state index in [4.69, 9.17) is 31.4 Å². The predicted molar refractivity (Wildman–Crippen MR) is 137 cm³/mol. The zero-order valence-corrected chi connectivity index (χ0v) is 20.7. The van der Waals surface area contributed by atoms with Gasteiger partial charge in [-0.3, -0.25) is 0 Å². The van der Waals surface area contributed by atoms with E-state index in [-0.39, 0.29) is 10.8 Å². The molecule has 0 aliphatic heterocycles. The molecule has 0 radical (unpaired) electrons. The average molecular weight is 457 g/mol. The number of oxazole rings is 2. The van der Waals surface area contributed by atoms with Gasteiger partial charge >= 0.3 is 0 Å². The van der Waals surface area contributed by atoms with Gasteiger partial charge in [-0.1, -0.05) is 53.7 Å². The molecule has 0 atom stereocenters. The van der Waals surface area contributed by atoms with Crippen LogP contribution in [0.3, 0.4) is 0 Å². The molecule has 0 saturated heterocycles. The van der Waals surface area contributed by atoms with Crippen molar-refractivity contribution in [3.05, 3.63) is 65.7 Å². The maximum Gasteiger partial charge on any atom is 0.228 e. The first-order valence-corrected chi connectivity index (χ1v) is 11.6. The van der Waals surface area contributed by atoms with Gasteiger partial charge in [0.05, 0.1) is 5.56 Å². The summed E-state index contributed by atoms with van der Waals surface area (Å²) in [5.74, 6) is 1.13. The van der Waals surface area contributed by atoms with Crippen LogP contribution >= 0.6 is 12.6 Å². The van der Waals surface area contributed by atoms with Crippen LogP contribution in [0.2, 0.25) is 0 Å². The quantitative estimate of drug-likeness (QED) is 0.272. The lowest BCUT2D eigenvalue weighted by atomic mass is 9.87. The Morgan fingerprint density at radius 3 is 1.67 bits per heavy atom. The van der Waals surface area contributed by atoms with Crippen molar-refractivity contribution >= 4 is 34.8 Å². The third-order valence-electron chi connectivity index (χ3n) is 5.98. The second-order valence-corrected chi connectivity index (χ2v) is 11.1. The fourth-order valence-electron chi connectivity index (χ4n) is 3.87. The number of thiol groups is 1. The van der Waals surface area contributed by atoms with E-state index in [0.29, 0.717) is 11.8 Å². The Morgan fingerprint density at radius 2 is 1.15 bits per heavy atom. The van der Waals surface area contributed by atoms with Crippen LogP contribution in [0.5, 0.6) is 0 Å². The minimum atomic E-state index is 0.0525. The van der Waals surface area contributed by atoms with Crippen LogP contribution in [0.4, 0.5) is 0 Å². The number of rotatable bonds is 2. The van der Waals surface area contributed by atoms with Crippen molar-refractivity contribution < 1.29 is 8.83 Å². The molecule has 0 fully saturated rings. The smallest absolute Gasteiger partial charge is 0.228 e. The van der Waals surface area contributed by atoms with Crippen molar-refractivity contribution in [1.29, 1.82) is 0 Å². The summed E-state index contributed by atoms with van der Waals surface area (Å²) < 4.78 is 12.1. The number of nitrogens with zero attached hydrogens (tertiary/aromatic N) is 2. The Labute approximate surface area is 199 Å². The summed E-state index contributed by atoms with van der Waals surface area (Å²) in [6.45, 7) is 13.1. The normalized spacial score (nSPS) is 12.7. The van der Waals surface area contributed by atoms with Crippen molar-refractivity contribution in [3.8, 4) is 22.9 Å². The van der Waals surface area contributed by atoms with Gasteiger partial charge in [0.15, 0.2) is 11.2 Å². The Morgan fingerprint density at radius 1 is 0.636 bits per heavy atom. The number of fused-ring (bicyclic) bond motifs is 2. The lowest BCUT2D eigenvalue weighted by molar-refractivity contribution is 0.589. The Hall–Kier alpha value is -3.05. The van der Waals surface area contributed by atoms with Crippen LogP contribution in [0.25, 0.3) is 45.1 Å². The Balaban J connectivity index is 1.51. The van der Waals surface area contributed by atoms with Gasteiger partial charge in [0.1, 0.15) is 11.0 Å². The van der Waals surface area contributed by atoms with E-state index in [2.05, 4.69) is 65.8 Å². The van der Waals surface area contributed by atoms with Gasteiger partial charge < -0.3 is 8.83 Å². The van der Waals surface area contributed by atoms with Crippen LogP contribution in [0.15, 0.2) is 68.3 Å². The first-order chi connectivity index (χ1) is 15.5. The van der Waals surface area contributed by atoms with Crippen molar-refractivity contribution in [2.75, 3.05) is 0 Å². The van der Waals surface area contributed by atoms with Crippen LogP contribution in [-0.4, -0.2) is 9.97 Å². The van der Waals surface area contributed by atoms with Crippen molar-refractivity contribution in [2.24, 2.45) is 0 Å². The third-order valence-corrected chi connectivity index (χ3v) is 6.35. The summed E-state index contributed by atoms with van der Waals surface area (Å²) in [4.78, 5) is 10.2. The predicted octanol–water partition coefficient (Wildman–Crippen LogP) is 8.19. The molecule has 5 heteroatoms.